The highest BCUT2D eigenvalue weighted by atomic mass is 35.5. The highest BCUT2D eigenvalue weighted by molar-refractivity contribution is 6.30. The van der Waals surface area contributed by atoms with Gasteiger partial charge in [0, 0.05) is 11.6 Å². The van der Waals surface area contributed by atoms with Gasteiger partial charge in [-0.15, -0.1) is 0 Å². The van der Waals surface area contributed by atoms with Crippen molar-refractivity contribution in [3.05, 3.63) is 40.2 Å². The third-order valence-corrected chi connectivity index (χ3v) is 4.98. The molecule has 0 unspecified atom stereocenters. The second kappa shape index (κ2) is 7.34. The third-order valence-electron chi connectivity index (χ3n) is 4.69. The van der Waals surface area contributed by atoms with Gasteiger partial charge in [0.05, 0.1) is 10.6 Å². The molecule has 0 heterocycles. The van der Waals surface area contributed by atoms with Gasteiger partial charge >= 0.3 is 41.5 Å². The van der Waals surface area contributed by atoms with Gasteiger partial charge in [0.1, 0.15) is 11.6 Å². The number of allylic oxidation sites excluding steroid dienone is 1. The minimum Gasteiger partial charge on any atom is -0.507 e. The second-order valence-corrected chi connectivity index (χ2v) is 7.14. The molecule has 2 nitrogen and oxygen atoms in total. The van der Waals surface area contributed by atoms with Crippen molar-refractivity contribution in [3.63, 3.8) is 0 Å². The zero-order chi connectivity index (χ0) is 27.1. The van der Waals surface area contributed by atoms with Crippen molar-refractivity contribution in [1.82, 2.24) is 0 Å². The maximum Gasteiger partial charge on any atom is 0.417 e. The number of rotatable bonds is 3. The largest absolute Gasteiger partial charge is 0.507 e. The SMILES string of the molecule is O=C(/C=C(\O)c1cc(F)c(Cl)cc1C(F)(F)F)C1(F)C(F)(F)C(F)(F)C(F)(F)C(F)(F)C1(F)F. The number of hydrogen-bond acceptors (Lipinski definition) is 2. The summed E-state index contributed by atoms with van der Waals surface area (Å²) >= 11 is 5.07. The van der Waals surface area contributed by atoms with Crippen LogP contribution in [0.2, 0.25) is 5.02 Å². The number of carbonyl (C=O) groups excluding carboxylic acids is 1. The topological polar surface area (TPSA) is 37.3 Å². The standard InChI is InChI=1S/C16H4ClF15O2/c17-6-2-5(11(20,21)22)4(1-7(6)18)8(33)3-9(34)10(19)12(23,24)14(27,28)16(31,32)15(29,30)13(10,25)26/h1-3,33H/b8-3-. The van der Waals surface area contributed by atoms with Gasteiger partial charge in [-0.05, 0) is 12.1 Å². The molecular formula is C16H4ClF15O2. The number of aliphatic hydroxyl groups excluding tert-OH is 1. The van der Waals surface area contributed by atoms with Crippen molar-refractivity contribution in [2.24, 2.45) is 0 Å². The highest BCUT2D eigenvalue weighted by Crippen LogP contribution is 2.69. The first-order valence-electron chi connectivity index (χ1n) is 7.93. The molecule has 1 fully saturated rings. The number of aliphatic hydroxyl groups is 1. The fourth-order valence-electron chi connectivity index (χ4n) is 2.83. The maximum atomic E-state index is 14.6. The zero-order valence-electron chi connectivity index (χ0n) is 15.1. The molecule has 0 bridgehead atoms. The lowest BCUT2D eigenvalue weighted by Crippen LogP contribution is -2.85. The van der Waals surface area contributed by atoms with Crippen LogP contribution in [0.1, 0.15) is 11.1 Å². The number of alkyl halides is 14. The third kappa shape index (κ3) is 3.17. The van der Waals surface area contributed by atoms with Gasteiger partial charge in [0.25, 0.3) is 0 Å². The minimum atomic E-state index is -7.66. The summed E-state index contributed by atoms with van der Waals surface area (Å²) in [4.78, 5) is 11.8. The Kier molecular flexibility index (Phi) is 6.02. The van der Waals surface area contributed by atoms with Crippen molar-refractivity contribution in [2.45, 2.75) is 41.5 Å². The van der Waals surface area contributed by atoms with E-state index in [-0.39, 0.29) is 6.07 Å². The fraction of sp³-hybridized carbons (Fsp3) is 0.438. The normalized spacial score (nSPS) is 24.5. The summed E-state index contributed by atoms with van der Waals surface area (Å²) in [5.41, 5.74) is -11.5. The molecule has 1 aliphatic carbocycles. The Bertz CT molecular complexity index is 1030. The number of hydrogen-bond donors (Lipinski definition) is 1. The number of ketones is 1. The fourth-order valence-corrected chi connectivity index (χ4v) is 2.99. The maximum absolute atomic E-state index is 14.6. The lowest BCUT2D eigenvalue weighted by molar-refractivity contribution is -0.475. The molecule has 0 aliphatic heterocycles. The lowest BCUT2D eigenvalue weighted by atomic mass is 9.70. The van der Waals surface area contributed by atoms with Gasteiger partial charge in [-0.1, -0.05) is 11.6 Å². The average molecular weight is 549 g/mol. The van der Waals surface area contributed by atoms with Crippen molar-refractivity contribution in [2.75, 3.05) is 0 Å². The second-order valence-electron chi connectivity index (χ2n) is 6.73. The molecular weight excluding hydrogens is 545 g/mol. The van der Waals surface area contributed by atoms with Crippen LogP contribution in [0.4, 0.5) is 65.9 Å². The molecule has 0 radical (unpaired) electrons. The van der Waals surface area contributed by atoms with Crippen LogP contribution in [0.15, 0.2) is 18.2 Å². The van der Waals surface area contributed by atoms with E-state index < -0.39 is 87.1 Å². The summed E-state index contributed by atoms with van der Waals surface area (Å²) in [6.07, 6.45) is -7.05. The predicted octanol–water partition coefficient (Wildman–Crippen LogP) is 6.86. The summed E-state index contributed by atoms with van der Waals surface area (Å²) in [5.74, 6) is -46.6. The van der Waals surface area contributed by atoms with E-state index in [1.807, 2.05) is 0 Å². The highest BCUT2D eigenvalue weighted by Gasteiger charge is 3.02. The first-order valence-corrected chi connectivity index (χ1v) is 8.31. The molecule has 0 aromatic heterocycles. The van der Waals surface area contributed by atoms with E-state index in [2.05, 4.69) is 0 Å². The van der Waals surface area contributed by atoms with Crippen LogP contribution < -0.4 is 0 Å². The summed E-state index contributed by atoms with van der Waals surface area (Å²) in [6.45, 7) is 0. The monoisotopic (exact) mass is 548 g/mol. The van der Waals surface area contributed by atoms with Gasteiger partial charge in [-0.3, -0.25) is 4.79 Å². The van der Waals surface area contributed by atoms with Crippen LogP contribution in [-0.4, -0.2) is 46.2 Å². The van der Waals surface area contributed by atoms with Crippen molar-refractivity contribution < 1.29 is 75.8 Å². The van der Waals surface area contributed by atoms with E-state index in [9.17, 15) is 75.8 Å². The van der Waals surface area contributed by atoms with Gasteiger partial charge in [0.15, 0.2) is 0 Å². The molecule has 0 saturated heterocycles. The van der Waals surface area contributed by atoms with Gasteiger partial charge in [-0.2, -0.15) is 57.1 Å². The van der Waals surface area contributed by atoms with Gasteiger partial charge in [0.2, 0.25) is 5.78 Å². The van der Waals surface area contributed by atoms with E-state index in [1.54, 1.807) is 0 Å². The molecule has 0 spiro atoms. The Balaban J connectivity index is 2.82. The van der Waals surface area contributed by atoms with E-state index in [4.69, 9.17) is 11.6 Å². The lowest BCUT2D eigenvalue weighted by Gasteiger charge is -2.51. The Labute approximate surface area is 181 Å². The van der Waals surface area contributed by atoms with E-state index in [0.29, 0.717) is 0 Å². The zero-order valence-corrected chi connectivity index (χ0v) is 15.9. The predicted molar refractivity (Wildman–Crippen MR) is 80.6 cm³/mol. The molecule has 192 valence electrons. The van der Waals surface area contributed by atoms with Crippen LogP contribution in [0, 0.1) is 5.82 Å². The average Bonchev–Trinajstić information content (AvgIpc) is 2.66. The smallest absolute Gasteiger partial charge is 0.417 e. The van der Waals surface area contributed by atoms with Gasteiger partial charge in [-0.25, -0.2) is 8.78 Å². The Hall–Kier alpha value is -2.33. The molecule has 1 aliphatic rings. The molecule has 0 amide bonds. The van der Waals surface area contributed by atoms with Crippen LogP contribution >= 0.6 is 11.6 Å². The van der Waals surface area contributed by atoms with Crippen LogP contribution in [0.3, 0.4) is 0 Å². The Morgan fingerprint density at radius 1 is 0.794 bits per heavy atom. The van der Waals surface area contributed by atoms with Crippen molar-refractivity contribution in [1.29, 1.82) is 0 Å². The van der Waals surface area contributed by atoms with Crippen LogP contribution in [-0.2, 0) is 11.0 Å². The van der Waals surface area contributed by atoms with Gasteiger partial charge < -0.3 is 5.11 Å². The molecule has 34 heavy (non-hydrogen) atoms. The Morgan fingerprint density at radius 3 is 1.56 bits per heavy atom. The molecule has 1 aromatic rings. The quantitative estimate of drug-likeness (QED) is 0.255. The van der Waals surface area contributed by atoms with Crippen molar-refractivity contribution in [3.8, 4) is 0 Å². The number of benzene rings is 1. The van der Waals surface area contributed by atoms with E-state index >= 15 is 0 Å². The number of halogens is 16. The van der Waals surface area contributed by atoms with Crippen LogP contribution in [0.25, 0.3) is 5.76 Å². The van der Waals surface area contributed by atoms with E-state index in [1.165, 1.54) is 0 Å². The number of carbonyl (C=O) groups is 1. The summed E-state index contributed by atoms with van der Waals surface area (Å²) in [7, 11) is 0. The first-order chi connectivity index (χ1) is 14.8. The Morgan fingerprint density at radius 2 is 1.18 bits per heavy atom. The van der Waals surface area contributed by atoms with Crippen molar-refractivity contribution >= 4 is 23.1 Å². The van der Waals surface area contributed by atoms with Crippen LogP contribution in [0.5, 0.6) is 0 Å². The minimum absolute atomic E-state index is 0.307. The molecule has 2 rings (SSSR count). The molecule has 1 saturated carbocycles. The first kappa shape index (κ1) is 27.9. The molecule has 1 aromatic carbocycles. The van der Waals surface area contributed by atoms with E-state index in [0.717, 1.165) is 0 Å². The molecule has 18 heteroatoms. The summed E-state index contributed by atoms with van der Waals surface area (Å²) in [5, 5.41) is 8.23. The summed E-state index contributed by atoms with van der Waals surface area (Å²) < 4.78 is 203. The summed E-state index contributed by atoms with van der Waals surface area (Å²) in [6, 6.07) is -0.706. The molecule has 0 atom stereocenters. The molecule has 1 N–H and O–H groups in total.